The van der Waals surface area contributed by atoms with Crippen LogP contribution in [0.2, 0.25) is 0 Å². The monoisotopic (exact) mass is 344 g/mol. The molecular weight excluding hydrogens is 324 g/mol. The predicted octanol–water partition coefficient (Wildman–Crippen LogP) is 0.862. The number of hydrogen-bond donors (Lipinski definition) is 0. The molecule has 0 saturated carbocycles. The van der Waals surface area contributed by atoms with Crippen LogP contribution in [0.4, 0.5) is 0 Å². The number of rotatable bonds is 3. The maximum absolute atomic E-state index is 12.7. The zero-order valence-corrected chi connectivity index (χ0v) is 14.1. The van der Waals surface area contributed by atoms with Gasteiger partial charge in [0, 0.05) is 26.2 Å². The number of carbonyl (C=O) groups excluding carboxylic acids is 1. The van der Waals surface area contributed by atoms with Crippen molar-refractivity contribution < 1.29 is 18.8 Å². The molecule has 0 radical (unpaired) electrons. The number of fused-ring (bicyclic) bond motifs is 1. The number of nitrogens with zero attached hydrogens (tertiary/aromatic N) is 4. The van der Waals surface area contributed by atoms with Gasteiger partial charge in [0.2, 0.25) is 12.0 Å². The van der Waals surface area contributed by atoms with Crippen LogP contribution in [0.5, 0.6) is 11.5 Å². The van der Waals surface area contributed by atoms with Crippen LogP contribution in [0.15, 0.2) is 28.8 Å². The topological polar surface area (TPSA) is 80.9 Å². The van der Waals surface area contributed by atoms with Gasteiger partial charge in [0.15, 0.2) is 17.3 Å². The normalized spacial score (nSPS) is 20.5. The second-order valence-electron chi connectivity index (χ2n) is 6.20. The molecule has 132 valence electrons. The lowest BCUT2D eigenvalue weighted by Gasteiger charge is -2.36. The van der Waals surface area contributed by atoms with Gasteiger partial charge >= 0.3 is 0 Å². The van der Waals surface area contributed by atoms with E-state index in [1.54, 1.807) is 6.92 Å². The third kappa shape index (κ3) is 3.43. The Morgan fingerprint density at radius 1 is 1.20 bits per heavy atom. The molecule has 0 spiro atoms. The van der Waals surface area contributed by atoms with Crippen molar-refractivity contribution in [2.45, 2.75) is 19.6 Å². The molecule has 0 N–H and O–H groups in total. The first kappa shape index (κ1) is 15.9. The summed E-state index contributed by atoms with van der Waals surface area (Å²) in [6.45, 7) is 5.47. The third-order valence-electron chi connectivity index (χ3n) is 4.40. The summed E-state index contributed by atoms with van der Waals surface area (Å²) in [6, 6.07) is 7.41. The minimum Gasteiger partial charge on any atom is -0.485 e. The van der Waals surface area contributed by atoms with E-state index in [4.69, 9.17) is 14.0 Å². The van der Waals surface area contributed by atoms with Crippen LogP contribution in [0.1, 0.15) is 11.7 Å². The Labute approximate surface area is 145 Å². The third-order valence-corrected chi connectivity index (χ3v) is 4.40. The van der Waals surface area contributed by atoms with Gasteiger partial charge in [0.25, 0.3) is 5.91 Å². The summed E-state index contributed by atoms with van der Waals surface area (Å²) in [5.41, 5.74) is 0. The number of carbonyl (C=O) groups is 1. The van der Waals surface area contributed by atoms with Gasteiger partial charge in [0.05, 0.1) is 6.54 Å². The Hall–Kier alpha value is -2.61. The summed E-state index contributed by atoms with van der Waals surface area (Å²) in [4.78, 5) is 20.9. The van der Waals surface area contributed by atoms with E-state index in [9.17, 15) is 4.79 Å². The lowest BCUT2D eigenvalue weighted by molar-refractivity contribution is -0.143. The van der Waals surface area contributed by atoms with Crippen LogP contribution in [-0.2, 0) is 11.3 Å². The van der Waals surface area contributed by atoms with Crippen molar-refractivity contribution in [1.29, 1.82) is 0 Å². The van der Waals surface area contributed by atoms with Gasteiger partial charge in [-0.3, -0.25) is 9.69 Å². The molecule has 0 aliphatic carbocycles. The number of aromatic nitrogens is 2. The minimum absolute atomic E-state index is 0.0252. The average molecular weight is 344 g/mol. The highest BCUT2D eigenvalue weighted by atomic mass is 16.6. The molecule has 2 aromatic rings. The Morgan fingerprint density at radius 2 is 1.96 bits per heavy atom. The minimum atomic E-state index is -0.583. The van der Waals surface area contributed by atoms with Gasteiger partial charge in [-0.25, -0.2) is 0 Å². The zero-order chi connectivity index (χ0) is 17.2. The van der Waals surface area contributed by atoms with Gasteiger partial charge in [-0.1, -0.05) is 17.3 Å². The fourth-order valence-corrected chi connectivity index (χ4v) is 3.07. The van der Waals surface area contributed by atoms with Gasteiger partial charge in [-0.05, 0) is 19.1 Å². The number of benzene rings is 1. The lowest BCUT2D eigenvalue weighted by Crippen LogP contribution is -2.53. The molecule has 8 heteroatoms. The molecule has 3 heterocycles. The number of para-hydroxylation sites is 2. The number of aryl methyl sites for hydroxylation is 1. The SMILES string of the molecule is Cc1noc(CN2CCN(C(=O)[C@H]3COc4ccccc4O3)CC2)n1. The highest BCUT2D eigenvalue weighted by molar-refractivity contribution is 5.82. The molecule has 1 amide bonds. The molecule has 1 aromatic heterocycles. The zero-order valence-electron chi connectivity index (χ0n) is 14.1. The Balaban J connectivity index is 1.31. The van der Waals surface area contributed by atoms with Gasteiger partial charge < -0.3 is 18.9 Å². The molecule has 0 bridgehead atoms. The van der Waals surface area contributed by atoms with E-state index in [0.29, 0.717) is 42.8 Å². The van der Waals surface area contributed by atoms with Crippen molar-refractivity contribution in [1.82, 2.24) is 19.9 Å². The quantitative estimate of drug-likeness (QED) is 0.817. The van der Waals surface area contributed by atoms with Crippen molar-refractivity contribution in [2.24, 2.45) is 0 Å². The number of ether oxygens (including phenoxy) is 2. The van der Waals surface area contributed by atoms with E-state index in [1.165, 1.54) is 0 Å². The van der Waals surface area contributed by atoms with E-state index in [1.807, 2.05) is 29.2 Å². The predicted molar refractivity (Wildman–Crippen MR) is 87.2 cm³/mol. The molecule has 2 aliphatic heterocycles. The van der Waals surface area contributed by atoms with Crippen LogP contribution in [-0.4, -0.2) is 64.7 Å². The van der Waals surface area contributed by atoms with Crippen LogP contribution in [0.25, 0.3) is 0 Å². The number of amides is 1. The number of hydrogen-bond acceptors (Lipinski definition) is 7. The molecule has 8 nitrogen and oxygen atoms in total. The van der Waals surface area contributed by atoms with Crippen LogP contribution in [0, 0.1) is 6.92 Å². The van der Waals surface area contributed by atoms with Crippen LogP contribution in [0.3, 0.4) is 0 Å². The Morgan fingerprint density at radius 3 is 2.68 bits per heavy atom. The Bertz CT molecular complexity index is 755. The van der Waals surface area contributed by atoms with Crippen LogP contribution < -0.4 is 9.47 Å². The first-order chi connectivity index (χ1) is 12.2. The second kappa shape index (κ2) is 6.72. The second-order valence-corrected chi connectivity index (χ2v) is 6.20. The van der Waals surface area contributed by atoms with Crippen molar-refractivity contribution in [3.8, 4) is 11.5 Å². The molecule has 1 fully saturated rings. The first-order valence-electron chi connectivity index (χ1n) is 8.38. The maximum atomic E-state index is 12.7. The molecular formula is C17H20N4O4. The van der Waals surface area contributed by atoms with Crippen molar-refractivity contribution in [3.63, 3.8) is 0 Å². The van der Waals surface area contributed by atoms with Crippen molar-refractivity contribution in [2.75, 3.05) is 32.8 Å². The van der Waals surface area contributed by atoms with Gasteiger partial charge in [-0.15, -0.1) is 0 Å². The molecule has 4 rings (SSSR count). The van der Waals surface area contributed by atoms with Gasteiger partial charge in [-0.2, -0.15) is 4.98 Å². The largest absolute Gasteiger partial charge is 0.485 e. The van der Waals surface area contributed by atoms with E-state index < -0.39 is 6.10 Å². The highest BCUT2D eigenvalue weighted by Gasteiger charge is 2.32. The maximum Gasteiger partial charge on any atom is 0.267 e. The molecule has 0 unspecified atom stereocenters. The fourth-order valence-electron chi connectivity index (χ4n) is 3.07. The molecule has 1 saturated heterocycles. The number of piperazine rings is 1. The van der Waals surface area contributed by atoms with Crippen molar-refractivity contribution in [3.05, 3.63) is 36.0 Å². The first-order valence-corrected chi connectivity index (χ1v) is 8.38. The summed E-state index contributed by atoms with van der Waals surface area (Å²) in [6.07, 6.45) is -0.583. The molecule has 2 aliphatic rings. The fraction of sp³-hybridized carbons (Fsp3) is 0.471. The van der Waals surface area contributed by atoms with E-state index in [0.717, 1.165) is 13.1 Å². The smallest absolute Gasteiger partial charge is 0.267 e. The summed E-state index contributed by atoms with van der Waals surface area (Å²) < 4.78 is 16.6. The average Bonchev–Trinajstić information content (AvgIpc) is 3.06. The standard InChI is InChI=1S/C17H20N4O4/c1-12-18-16(25-19-12)10-20-6-8-21(9-7-20)17(22)15-11-23-13-4-2-3-5-14(13)24-15/h2-5,15H,6-11H2,1H3/t15-/m1/s1. The summed E-state index contributed by atoms with van der Waals surface area (Å²) >= 11 is 0. The summed E-state index contributed by atoms with van der Waals surface area (Å²) in [5, 5.41) is 3.80. The van der Waals surface area contributed by atoms with Crippen LogP contribution >= 0.6 is 0 Å². The summed E-state index contributed by atoms with van der Waals surface area (Å²) in [7, 11) is 0. The molecule has 1 atom stereocenters. The lowest BCUT2D eigenvalue weighted by atomic mass is 10.2. The Kier molecular flexibility index (Phi) is 4.27. The summed E-state index contributed by atoms with van der Waals surface area (Å²) in [5.74, 6) is 2.53. The molecule has 1 aromatic carbocycles. The van der Waals surface area contributed by atoms with E-state index in [-0.39, 0.29) is 12.5 Å². The van der Waals surface area contributed by atoms with E-state index >= 15 is 0 Å². The van der Waals surface area contributed by atoms with Gasteiger partial charge in [0.1, 0.15) is 6.61 Å². The van der Waals surface area contributed by atoms with Crippen molar-refractivity contribution >= 4 is 5.91 Å². The van der Waals surface area contributed by atoms with E-state index in [2.05, 4.69) is 15.0 Å². The highest BCUT2D eigenvalue weighted by Crippen LogP contribution is 2.31. The molecule has 25 heavy (non-hydrogen) atoms.